The van der Waals surface area contributed by atoms with Crippen LogP contribution in [0.4, 0.5) is 5.69 Å². The zero-order chi connectivity index (χ0) is 12.8. The van der Waals surface area contributed by atoms with Gasteiger partial charge in [0.05, 0.1) is 0 Å². The summed E-state index contributed by atoms with van der Waals surface area (Å²) >= 11 is 5.10. The summed E-state index contributed by atoms with van der Waals surface area (Å²) < 4.78 is 0. The van der Waals surface area contributed by atoms with E-state index in [1.165, 1.54) is 0 Å². The number of para-hydroxylation sites is 1. The fraction of sp³-hybridized carbons (Fsp3) is 0.143. The number of thiocarbonyl (C=S) groups is 1. The Morgan fingerprint density at radius 2 is 1.83 bits per heavy atom. The van der Waals surface area contributed by atoms with Crippen LogP contribution in [0.3, 0.4) is 0 Å². The minimum atomic E-state index is 0.386. The van der Waals surface area contributed by atoms with Crippen molar-refractivity contribution < 1.29 is 0 Å². The minimum Gasteiger partial charge on any atom is -0.376 e. The molecule has 0 saturated heterocycles. The Balaban J connectivity index is 2.06. The second kappa shape index (κ2) is 6.12. The van der Waals surface area contributed by atoms with Gasteiger partial charge in [0, 0.05) is 30.5 Å². The van der Waals surface area contributed by atoms with E-state index in [0.717, 1.165) is 24.3 Å². The van der Waals surface area contributed by atoms with Crippen molar-refractivity contribution >= 4 is 23.0 Å². The predicted octanol–water partition coefficient (Wildman–Crippen LogP) is 2.37. The Morgan fingerprint density at radius 1 is 1.11 bits per heavy atom. The van der Waals surface area contributed by atoms with Crippen LogP contribution in [0.25, 0.3) is 0 Å². The van der Waals surface area contributed by atoms with Crippen molar-refractivity contribution in [2.24, 2.45) is 5.73 Å². The molecule has 0 spiro atoms. The van der Waals surface area contributed by atoms with Crippen molar-refractivity contribution in [3.8, 4) is 0 Å². The Morgan fingerprint density at radius 3 is 2.44 bits per heavy atom. The predicted molar refractivity (Wildman–Crippen MR) is 78.5 cm³/mol. The molecule has 0 radical (unpaired) electrons. The van der Waals surface area contributed by atoms with Gasteiger partial charge in [-0.05, 0) is 36.5 Å². The molecule has 1 aromatic carbocycles. The van der Waals surface area contributed by atoms with Crippen molar-refractivity contribution in [3.05, 3.63) is 60.4 Å². The Hall–Kier alpha value is -1.94. The molecular weight excluding hydrogens is 242 g/mol. The first-order chi connectivity index (χ1) is 8.77. The molecule has 0 fully saturated rings. The molecule has 0 bridgehead atoms. The van der Waals surface area contributed by atoms with Crippen molar-refractivity contribution in [1.29, 1.82) is 0 Å². The molecule has 18 heavy (non-hydrogen) atoms. The molecular formula is C14H15N3S. The zero-order valence-electron chi connectivity index (χ0n) is 9.99. The van der Waals surface area contributed by atoms with Gasteiger partial charge in [-0.15, -0.1) is 0 Å². The Labute approximate surface area is 112 Å². The van der Waals surface area contributed by atoms with Gasteiger partial charge in [0.2, 0.25) is 0 Å². The summed E-state index contributed by atoms with van der Waals surface area (Å²) in [5.41, 5.74) is 7.82. The third-order valence-corrected chi connectivity index (χ3v) is 2.87. The van der Waals surface area contributed by atoms with E-state index in [4.69, 9.17) is 18.0 Å². The summed E-state index contributed by atoms with van der Waals surface area (Å²) in [7, 11) is 0. The first-order valence-electron chi connectivity index (χ1n) is 5.79. The number of hydrogen-bond donors (Lipinski definition) is 1. The number of nitrogens with two attached hydrogens (primary N) is 1. The van der Waals surface area contributed by atoms with Crippen LogP contribution in [-0.2, 0) is 6.42 Å². The van der Waals surface area contributed by atoms with E-state index < -0.39 is 0 Å². The van der Waals surface area contributed by atoms with E-state index in [0.29, 0.717) is 5.11 Å². The first kappa shape index (κ1) is 12.5. The lowest BCUT2D eigenvalue weighted by molar-refractivity contribution is 0.900. The summed E-state index contributed by atoms with van der Waals surface area (Å²) in [5.74, 6) is 0. The summed E-state index contributed by atoms with van der Waals surface area (Å²) in [4.78, 5) is 6.21. The van der Waals surface area contributed by atoms with Gasteiger partial charge in [0.15, 0.2) is 5.11 Å². The number of aromatic nitrogens is 1. The first-order valence-corrected chi connectivity index (χ1v) is 6.20. The third kappa shape index (κ3) is 3.28. The lowest BCUT2D eigenvalue weighted by atomic mass is 10.2. The standard InChI is InChI=1S/C14H15N3S/c15-14(18)17(13-7-2-1-3-8-13)11-9-12-6-4-5-10-16-12/h1-8,10H,9,11H2,(H2,15,18). The van der Waals surface area contributed by atoms with Gasteiger partial charge in [0.25, 0.3) is 0 Å². The van der Waals surface area contributed by atoms with E-state index in [1.54, 1.807) is 6.20 Å². The van der Waals surface area contributed by atoms with Gasteiger partial charge >= 0.3 is 0 Å². The van der Waals surface area contributed by atoms with Crippen LogP contribution >= 0.6 is 12.2 Å². The highest BCUT2D eigenvalue weighted by Crippen LogP contribution is 2.13. The third-order valence-electron chi connectivity index (χ3n) is 2.65. The zero-order valence-corrected chi connectivity index (χ0v) is 10.8. The summed E-state index contributed by atoms with van der Waals surface area (Å²) in [6, 6.07) is 15.8. The molecule has 0 aliphatic heterocycles. The number of nitrogens with zero attached hydrogens (tertiary/aromatic N) is 2. The molecule has 0 aliphatic carbocycles. The van der Waals surface area contributed by atoms with E-state index in [-0.39, 0.29) is 0 Å². The SMILES string of the molecule is NC(=S)N(CCc1ccccn1)c1ccccc1. The van der Waals surface area contributed by atoms with Crippen LogP contribution in [0, 0.1) is 0 Å². The second-order valence-electron chi connectivity index (χ2n) is 3.90. The molecule has 0 aliphatic rings. The Kier molecular flexibility index (Phi) is 4.25. The average Bonchev–Trinajstić information content (AvgIpc) is 2.41. The molecule has 0 atom stereocenters. The molecule has 2 aromatic rings. The quantitative estimate of drug-likeness (QED) is 0.854. The number of benzene rings is 1. The number of rotatable bonds is 4. The largest absolute Gasteiger partial charge is 0.376 e. The van der Waals surface area contributed by atoms with Gasteiger partial charge in [-0.1, -0.05) is 24.3 Å². The fourth-order valence-electron chi connectivity index (χ4n) is 1.75. The topological polar surface area (TPSA) is 42.1 Å². The molecule has 1 aromatic heterocycles. The monoisotopic (exact) mass is 257 g/mol. The summed E-state index contributed by atoms with van der Waals surface area (Å²) in [6.07, 6.45) is 2.61. The van der Waals surface area contributed by atoms with E-state index in [2.05, 4.69) is 4.98 Å². The van der Waals surface area contributed by atoms with Crippen molar-refractivity contribution in [2.75, 3.05) is 11.4 Å². The average molecular weight is 257 g/mol. The molecule has 2 N–H and O–H groups in total. The molecule has 3 nitrogen and oxygen atoms in total. The van der Waals surface area contributed by atoms with E-state index in [1.807, 2.05) is 53.4 Å². The summed E-state index contributed by atoms with van der Waals surface area (Å²) in [6.45, 7) is 0.732. The highest BCUT2D eigenvalue weighted by Gasteiger charge is 2.08. The minimum absolute atomic E-state index is 0.386. The normalized spacial score (nSPS) is 10.0. The fourth-order valence-corrected chi connectivity index (χ4v) is 1.94. The number of hydrogen-bond acceptors (Lipinski definition) is 2. The molecule has 4 heteroatoms. The van der Waals surface area contributed by atoms with Crippen LogP contribution in [-0.4, -0.2) is 16.6 Å². The highest BCUT2D eigenvalue weighted by atomic mass is 32.1. The second-order valence-corrected chi connectivity index (χ2v) is 4.31. The highest BCUT2D eigenvalue weighted by molar-refractivity contribution is 7.80. The maximum atomic E-state index is 5.77. The van der Waals surface area contributed by atoms with Crippen molar-refractivity contribution in [1.82, 2.24) is 4.98 Å². The van der Waals surface area contributed by atoms with Crippen molar-refractivity contribution in [2.45, 2.75) is 6.42 Å². The lowest BCUT2D eigenvalue weighted by Crippen LogP contribution is -2.37. The van der Waals surface area contributed by atoms with Crippen LogP contribution in [0.15, 0.2) is 54.7 Å². The lowest BCUT2D eigenvalue weighted by Gasteiger charge is -2.22. The van der Waals surface area contributed by atoms with Crippen LogP contribution in [0.1, 0.15) is 5.69 Å². The van der Waals surface area contributed by atoms with Crippen LogP contribution in [0.5, 0.6) is 0 Å². The van der Waals surface area contributed by atoms with Gasteiger partial charge in [-0.2, -0.15) is 0 Å². The van der Waals surface area contributed by atoms with E-state index >= 15 is 0 Å². The molecule has 0 unspecified atom stereocenters. The van der Waals surface area contributed by atoms with Crippen LogP contribution in [0.2, 0.25) is 0 Å². The number of pyridine rings is 1. The molecule has 1 heterocycles. The smallest absolute Gasteiger partial charge is 0.170 e. The summed E-state index contributed by atoms with van der Waals surface area (Å²) in [5, 5.41) is 0.386. The van der Waals surface area contributed by atoms with Gasteiger partial charge in [0.1, 0.15) is 0 Å². The van der Waals surface area contributed by atoms with Crippen molar-refractivity contribution in [3.63, 3.8) is 0 Å². The van der Waals surface area contributed by atoms with Gasteiger partial charge in [-0.25, -0.2) is 0 Å². The molecule has 2 rings (SSSR count). The van der Waals surface area contributed by atoms with Gasteiger partial charge < -0.3 is 10.6 Å². The molecule has 0 amide bonds. The maximum absolute atomic E-state index is 5.77. The molecule has 0 saturated carbocycles. The Bertz CT molecular complexity index is 499. The van der Waals surface area contributed by atoms with E-state index in [9.17, 15) is 0 Å². The molecule has 92 valence electrons. The van der Waals surface area contributed by atoms with Crippen LogP contribution < -0.4 is 10.6 Å². The number of anilines is 1. The van der Waals surface area contributed by atoms with Gasteiger partial charge in [-0.3, -0.25) is 4.98 Å². The maximum Gasteiger partial charge on any atom is 0.170 e.